The van der Waals surface area contributed by atoms with E-state index in [2.05, 4.69) is 30.6 Å². The average molecular weight is 1450 g/mol. The third-order valence-electron chi connectivity index (χ3n) is 16.6. The molecule has 38 heteroatoms. The molecule has 0 saturated heterocycles. The number of benzene rings is 3. The van der Waals surface area contributed by atoms with E-state index in [1.165, 1.54) is 103 Å². The first kappa shape index (κ1) is 78.2. The van der Waals surface area contributed by atoms with E-state index in [1.807, 2.05) is 0 Å². The molecule has 0 aliphatic carbocycles. The Bertz CT molecular complexity index is 4360. The van der Waals surface area contributed by atoms with Gasteiger partial charge in [0.2, 0.25) is 5.91 Å². The fourth-order valence-electron chi connectivity index (χ4n) is 12.1. The van der Waals surface area contributed by atoms with Crippen LogP contribution < -0.4 is 39.3 Å². The summed E-state index contributed by atoms with van der Waals surface area (Å²) in [6.45, 7) is 6.55. The quantitative estimate of drug-likeness (QED) is 0.0545. The number of hydrogen-bond donors (Lipinski definition) is 2. The molecule has 9 heterocycles. The standard InChI is InChI=1S/C23H23F4N5O3.C21H20F4N6O2.C21H19F4N5O3.Li.H2O/c1-3-35-21(33)12-18(31-14(2)11-20(29-31)23(25,26)27)22(34)30-10-4-5-17-19(30)13-28-32(17)16-8-6-15(24)7-9-16;1-12-9-18(21(23,24)25)28-30(12)16(10-19(26)32)20(33)29-8-2-3-15-17(29)11-27-31(15)14-6-4-13(22)5-7-14;1-12-9-18(21(23,24)25)27-29(12)16(10-19(31)32)20(33)28-8-2-3-15-17(28)11-26-30(15)14-6-4-13(22)5-7-14;;/h6-9,11,13,18H,3-5,10,12H2,1-2H3;4-7,9,11,16H,2-3,8,10H2,1H3,(H2,26,32);4-7,9,11,16H,2-3,8,10H2,1H3,(H,31,32);;1H2/q;;;+1;/p-1. The minimum Gasteiger partial charge on any atom is -0.870 e. The largest absolute Gasteiger partial charge is 1.00 e. The Morgan fingerprint density at radius 1 is 0.485 bits per heavy atom. The topological polar surface area (TPSA) is 305 Å². The van der Waals surface area contributed by atoms with Crippen LogP contribution in [0.25, 0.3) is 17.1 Å². The van der Waals surface area contributed by atoms with E-state index in [0.29, 0.717) is 89.7 Å². The molecule has 3 aromatic carbocycles. The maximum atomic E-state index is 13.7. The molecule has 3 unspecified atom stereocenters. The first-order valence-corrected chi connectivity index (χ1v) is 31.2. The van der Waals surface area contributed by atoms with Crippen LogP contribution in [0.5, 0.6) is 0 Å². The summed E-state index contributed by atoms with van der Waals surface area (Å²) in [5.74, 6) is -6.07. The van der Waals surface area contributed by atoms with Crippen molar-refractivity contribution in [3.05, 3.63) is 178 Å². The zero-order valence-corrected chi connectivity index (χ0v) is 55.4. The maximum Gasteiger partial charge on any atom is 1.00 e. The van der Waals surface area contributed by atoms with Gasteiger partial charge in [0.15, 0.2) is 17.1 Å². The number of anilines is 3. The van der Waals surface area contributed by atoms with E-state index in [0.717, 1.165) is 32.2 Å². The summed E-state index contributed by atoms with van der Waals surface area (Å²) >= 11 is 0. The Labute approximate surface area is 588 Å². The summed E-state index contributed by atoms with van der Waals surface area (Å²) in [5, 5.41) is 32.9. The van der Waals surface area contributed by atoms with E-state index in [1.54, 1.807) is 45.2 Å². The number of esters is 1. The van der Waals surface area contributed by atoms with E-state index in [9.17, 15) is 86.6 Å². The zero-order chi connectivity index (χ0) is 73.2. The SMILES string of the molecule is CCOC(=O)CC(C(=O)N1CCCc2c1cnn2-c1ccc(F)cc1)n1nc(C(F)(F)F)cc1C.Cc1cc(C(F)(F)F)nn1C(CC(=O)O)C(=O)N1CCCc2c1cnn2-c1ccc(F)cc1.Cc1cc(C(F)(F)F)nn1C(CC(N)=O)C(=O)N1CCCc2c1cnn2-c1ccc(F)cc1.[Li+].[OH-]. The number of ether oxygens (including phenoxy) is 1. The van der Waals surface area contributed by atoms with Crippen LogP contribution in [0, 0.1) is 38.2 Å². The van der Waals surface area contributed by atoms with Crippen LogP contribution in [0.4, 0.5) is 69.7 Å². The van der Waals surface area contributed by atoms with Gasteiger partial charge in [-0.25, -0.2) is 27.2 Å². The molecule has 3 aliphatic rings. The fraction of sp³-hybridized carbons (Fsp3) is 0.354. The van der Waals surface area contributed by atoms with Crippen molar-refractivity contribution in [3.8, 4) is 17.1 Å². The molecule has 0 bridgehead atoms. The molecule has 3 aliphatic heterocycles. The number of rotatable bonds is 16. The number of amides is 4. The number of alkyl halides is 9. The monoisotopic (exact) mass is 1450 g/mol. The van der Waals surface area contributed by atoms with Gasteiger partial charge in [-0.3, -0.25) is 42.8 Å². The molecule has 0 saturated carbocycles. The van der Waals surface area contributed by atoms with Gasteiger partial charge in [-0.2, -0.15) is 70.1 Å². The molecule has 12 rings (SSSR count). The van der Waals surface area contributed by atoms with Crippen molar-refractivity contribution in [2.75, 3.05) is 40.9 Å². The number of aryl methyl sites for hydroxylation is 3. The first-order valence-electron chi connectivity index (χ1n) is 31.2. The number of nitrogens with two attached hydrogens (primary N) is 1. The van der Waals surface area contributed by atoms with Gasteiger partial charge in [0.1, 0.15) is 35.6 Å². The molecule has 0 spiro atoms. The molecule has 3 atom stereocenters. The zero-order valence-electron chi connectivity index (χ0n) is 55.4. The van der Waals surface area contributed by atoms with Crippen molar-refractivity contribution in [2.24, 2.45) is 5.73 Å². The number of hydrogen-bond acceptors (Lipinski definition) is 14. The van der Waals surface area contributed by atoms with Crippen molar-refractivity contribution in [3.63, 3.8) is 0 Å². The van der Waals surface area contributed by atoms with Gasteiger partial charge in [0.25, 0.3) is 17.7 Å². The van der Waals surface area contributed by atoms with Gasteiger partial charge in [0.05, 0.1) is 95.7 Å². The normalized spacial score (nSPS) is 14.4. The predicted octanol–water partition coefficient (Wildman–Crippen LogP) is 7.30. The number of halogens is 12. The second kappa shape index (κ2) is 31.8. The molecule has 6 aromatic heterocycles. The predicted molar refractivity (Wildman–Crippen MR) is 335 cm³/mol. The smallest absolute Gasteiger partial charge is 0.870 e. The van der Waals surface area contributed by atoms with Gasteiger partial charge in [0, 0.05) is 36.7 Å². The molecule has 4 amide bonds. The molecule has 542 valence electrons. The van der Waals surface area contributed by atoms with E-state index in [4.69, 9.17) is 10.5 Å². The number of primary amides is 1. The summed E-state index contributed by atoms with van der Waals surface area (Å²) in [7, 11) is 0. The van der Waals surface area contributed by atoms with Crippen LogP contribution in [-0.4, -0.2) is 131 Å². The minimum absolute atomic E-state index is 0. The van der Waals surface area contributed by atoms with Crippen LogP contribution in [0.15, 0.2) is 110 Å². The second-order valence-corrected chi connectivity index (χ2v) is 23.5. The molecular weight excluding hydrogens is 1380 g/mol. The van der Waals surface area contributed by atoms with Crippen LogP contribution in [-0.2, 0) is 71.3 Å². The number of carboxylic acids is 1. The number of aromatic nitrogens is 12. The Balaban J connectivity index is 0.000000194. The van der Waals surface area contributed by atoms with Crippen molar-refractivity contribution < 1.29 is 116 Å². The van der Waals surface area contributed by atoms with Crippen LogP contribution in [0.2, 0.25) is 0 Å². The summed E-state index contributed by atoms with van der Waals surface area (Å²) in [4.78, 5) is 80.2. The Hall–Kier alpha value is -10.5. The van der Waals surface area contributed by atoms with Crippen LogP contribution in [0.3, 0.4) is 0 Å². The summed E-state index contributed by atoms with van der Waals surface area (Å²) in [5.41, 5.74) is 7.13. The van der Waals surface area contributed by atoms with E-state index >= 15 is 0 Å². The van der Waals surface area contributed by atoms with Gasteiger partial charge in [-0.05, 0) is 157 Å². The van der Waals surface area contributed by atoms with E-state index < -0.39 is 126 Å². The fourth-order valence-corrected chi connectivity index (χ4v) is 12.1. The van der Waals surface area contributed by atoms with Crippen molar-refractivity contribution in [2.45, 2.75) is 122 Å². The number of carbonyl (C=O) groups excluding carboxylic acids is 5. The van der Waals surface area contributed by atoms with Gasteiger partial charge in [-0.15, -0.1) is 0 Å². The molecule has 0 radical (unpaired) electrons. The molecule has 0 fully saturated rings. The molecule has 25 nitrogen and oxygen atoms in total. The number of nitrogens with zero attached hydrogens (tertiary/aromatic N) is 15. The first-order chi connectivity index (χ1) is 47.7. The number of carboxylic acid groups (broad SMARTS) is 1. The summed E-state index contributed by atoms with van der Waals surface area (Å²) in [6.07, 6.45) is -8.14. The Morgan fingerprint density at radius 2 is 0.767 bits per heavy atom. The van der Waals surface area contributed by atoms with Crippen molar-refractivity contribution in [1.29, 1.82) is 0 Å². The van der Waals surface area contributed by atoms with Crippen LogP contribution >= 0.6 is 0 Å². The number of fused-ring (bicyclic) bond motifs is 3. The number of aliphatic carboxylic acids is 1. The molecule has 4 N–H and O–H groups in total. The molecule has 9 aromatic rings. The second-order valence-electron chi connectivity index (χ2n) is 23.5. The minimum atomic E-state index is -4.73. The van der Waals surface area contributed by atoms with Gasteiger partial charge >= 0.3 is 49.3 Å². The third kappa shape index (κ3) is 17.3. The van der Waals surface area contributed by atoms with Gasteiger partial charge in [-0.1, -0.05) is 0 Å². The Kier molecular flexibility index (Phi) is 24.1. The average Bonchev–Trinajstić information content (AvgIpc) is 1.66. The van der Waals surface area contributed by atoms with Crippen LogP contribution in [0.1, 0.15) is 115 Å². The maximum absolute atomic E-state index is 13.7. The van der Waals surface area contributed by atoms with Crippen molar-refractivity contribution in [1.82, 2.24) is 58.7 Å². The summed E-state index contributed by atoms with van der Waals surface area (Å²) in [6, 6.07) is 15.2. The third-order valence-corrected chi connectivity index (χ3v) is 16.6. The Morgan fingerprint density at radius 3 is 1.02 bits per heavy atom. The summed E-state index contributed by atoms with van der Waals surface area (Å²) < 4.78 is 171. The molecule has 103 heavy (non-hydrogen) atoms. The number of carbonyl (C=O) groups is 6. The molecular formula is C65H63F12LiN16O9. The van der Waals surface area contributed by atoms with Crippen molar-refractivity contribution >= 4 is 52.6 Å². The van der Waals surface area contributed by atoms with Gasteiger partial charge < -0.3 is 35.8 Å². The van der Waals surface area contributed by atoms with E-state index in [-0.39, 0.29) is 67.7 Å².